The molecule has 1 N–H and O–H groups in total. The molecular weight excluding hydrogens is 262 g/mol. The number of thiophene rings is 1. The second kappa shape index (κ2) is 5.54. The maximum atomic E-state index is 12.4. The summed E-state index contributed by atoms with van der Waals surface area (Å²) >= 11 is 1.62. The maximum Gasteiger partial charge on any atom is 0.228 e. The van der Waals surface area contributed by atoms with Gasteiger partial charge >= 0.3 is 0 Å². The van der Waals surface area contributed by atoms with E-state index < -0.39 is 0 Å². The quantitative estimate of drug-likeness (QED) is 0.927. The van der Waals surface area contributed by atoms with Gasteiger partial charge in [-0.05, 0) is 17.5 Å². The zero-order valence-electron chi connectivity index (χ0n) is 10.4. The van der Waals surface area contributed by atoms with Gasteiger partial charge in [0.1, 0.15) is 0 Å². The lowest BCUT2D eigenvalue weighted by Gasteiger charge is -2.34. The van der Waals surface area contributed by atoms with E-state index in [0.717, 1.165) is 10.6 Å². The third-order valence-corrected chi connectivity index (χ3v) is 4.11. The van der Waals surface area contributed by atoms with Crippen LogP contribution < -0.4 is 0 Å². The highest BCUT2D eigenvalue weighted by Crippen LogP contribution is 2.23. The Balaban J connectivity index is 1.75. The average Bonchev–Trinajstić information content (AvgIpc) is 3.11. The van der Waals surface area contributed by atoms with Gasteiger partial charge in [0.2, 0.25) is 5.91 Å². The minimum absolute atomic E-state index is 0.0521. The number of morpholine rings is 1. The Morgan fingerprint density at radius 2 is 2.53 bits per heavy atom. The Morgan fingerprint density at radius 1 is 1.58 bits per heavy atom. The van der Waals surface area contributed by atoms with E-state index in [9.17, 15) is 4.79 Å². The summed E-state index contributed by atoms with van der Waals surface area (Å²) in [5.74, 6) is 0.144. The van der Waals surface area contributed by atoms with Crippen molar-refractivity contribution in [2.75, 3.05) is 19.8 Å². The van der Waals surface area contributed by atoms with Crippen LogP contribution in [0.15, 0.2) is 29.8 Å². The van der Waals surface area contributed by atoms with Crippen LogP contribution in [0.2, 0.25) is 0 Å². The van der Waals surface area contributed by atoms with Gasteiger partial charge < -0.3 is 9.64 Å². The number of hydrogen-bond acceptors (Lipinski definition) is 4. The van der Waals surface area contributed by atoms with Gasteiger partial charge in [-0.2, -0.15) is 5.10 Å². The van der Waals surface area contributed by atoms with E-state index in [2.05, 4.69) is 10.2 Å². The number of carbonyl (C=O) groups excluding carboxylic acids is 1. The summed E-state index contributed by atoms with van der Waals surface area (Å²) < 4.78 is 5.48. The van der Waals surface area contributed by atoms with E-state index >= 15 is 0 Å². The molecule has 1 saturated heterocycles. The number of aromatic nitrogens is 2. The highest BCUT2D eigenvalue weighted by Gasteiger charge is 2.29. The van der Waals surface area contributed by atoms with E-state index in [0.29, 0.717) is 26.2 Å². The zero-order chi connectivity index (χ0) is 13.1. The Morgan fingerprint density at radius 3 is 3.26 bits per heavy atom. The molecule has 0 radical (unpaired) electrons. The molecule has 1 atom stereocenters. The lowest BCUT2D eigenvalue weighted by atomic mass is 10.1. The van der Waals surface area contributed by atoms with Crippen LogP contribution in [0.25, 0.3) is 0 Å². The number of rotatable bonds is 3. The van der Waals surface area contributed by atoms with Crippen molar-refractivity contribution in [1.29, 1.82) is 0 Å². The lowest BCUT2D eigenvalue weighted by molar-refractivity contribution is -0.139. The summed E-state index contributed by atoms with van der Waals surface area (Å²) in [7, 11) is 0. The van der Waals surface area contributed by atoms with Crippen molar-refractivity contribution in [3.05, 3.63) is 40.3 Å². The third kappa shape index (κ3) is 2.69. The topological polar surface area (TPSA) is 58.2 Å². The zero-order valence-corrected chi connectivity index (χ0v) is 11.2. The number of carbonyl (C=O) groups is 1. The van der Waals surface area contributed by atoms with Gasteiger partial charge in [-0.1, -0.05) is 6.07 Å². The smallest absolute Gasteiger partial charge is 0.228 e. The minimum atomic E-state index is -0.0521. The van der Waals surface area contributed by atoms with Crippen LogP contribution in [0.4, 0.5) is 0 Å². The van der Waals surface area contributed by atoms with Gasteiger partial charge in [-0.15, -0.1) is 11.3 Å². The fraction of sp³-hybridized carbons (Fsp3) is 0.385. The summed E-state index contributed by atoms with van der Waals surface area (Å²) in [6, 6.07) is 5.81. The molecule has 5 nitrogen and oxygen atoms in total. The number of ether oxygens (including phenoxy) is 1. The van der Waals surface area contributed by atoms with E-state index in [4.69, 9.17) is 4.74 Å². The highest BCUT2D eigenvalue weighted by molar-refractivity contribution is 7.10. The van der Waals surface area contributed by atoms with Crippen LogP contribution in [0.1, 0.15) is 16.6 Å². The van der Waals surface area contributed by atoms with Gasteiger partial charge in [0.25, 0.3) is 0 Å². The number of nitrogens with zero attached hydrogens (tertiary/aromatic N) is 2. The Kier molecular flexibility index (Phi) is 3.61. The summed E-state index contributed by atoms with van der Waals surface area (Å²) in [6.45, 7) is 1.76. The lowest BCUT2D eigenvalue weighted by Crippen LogP contribution is -2.44. The Bertz CT molecular complexity index is 524. The first-order valence-electron chi connectivity index (χ1n) is 6.23. The van der Waals surface area contributed by atoms with Crippen LogP contribution in [-0.2, 0) is 16.0 Å². The van der Waals surface area contributed by atoms with Gasteiger partial charge in [0.15, 0.2) is 0 Å². The number of H-pyrrole nitrogens is 1. The first kappa shape index (κ1) is 12.4. The summed E-state index contributed by atoms with van der Waals surface area (Å²) in [6.07, 6.45) is 2.16. The van der Waals surface area contributed by atoms with Crippen molar-refractivity contribution in [3.8, 4) is 0 Å². The monoisotopic (exact) mass is 277 g/mol. The molecule has 1 aliphatic heterocycles. The van der Waals surface area contributed by atoms with E-state index in [1.54, 1.807) is 17.5 Å². The molecule has 0 aromatic carbocycles. The minimum Gasteiger partial charge on any atom is -0.377 e. The first-order valence-corrected chi connectivity index (χ1v) is 7.11. The van der Waals surface area contributed by atoms with Gasteiger partial charge in [0.05, 0.1) is 31.4 Å². The Labute approximate surface area is 115 Å². The molecule has 0 aliphatic carbocycles. The molecule has 2 aromatic rings. The van der Waals surface area contributed by atoms with Crippen LogP contribution in [-0.4, -0.2) is 40.8 Å². The van der Waals surface area contributed by atoms with Crippen molar-refractivity contribution in [1.82, 2.24) is 15.1 Å². The molecule has 1 fully saturated rings. The fourth-order valence-electron chi connectivity index (χ4n) is 2.28. The van der Waals surface area contributed by atoms with E-state index in [1.807, 2.05) is 28.5 Å². The molecule has 2 aromatic heterocycles. The molecule has 100 valence electrons. The SMILES string of the molecule is O=C(Cc1cccs1)N1CCOCC1c1ccn[nH]1. The summed E-state index contributed by atoms with van der Waals surface area (Å²) in [4.78, 5) is 15.4. The summed E-state index contributed by atoms with van der Waals surface area (Å²) in [5.41, 5.74) is 0.930. The predicted molar refractivity (Wildman–Crippen MR) is 71.9 cm³/mol. The molecule has 1 amide bonds. The van der Waals surface area contributed by atoms with Crippen LogP contribution in [0, 0.1) is 0 Å². The van der Waals surface area contributed by atoms with Crippen molar-refractivity contribution < 1.29 is 9.53 Å². The molecule has 0 spiro atoms. The fourth-order valence-corrected chi connectivity index (χ4v) is 2.97. The second-order valence-electron chi connectivity index (χ2n) is 4.45. The second-order valence-corrected chi connectivity index (χ2v) is 5.48. The number of hydrogen-bond donors (Lipinski definition) is 1. The molecular formula is C13H15N3O2S. The summed E-state index contributed by atoms with van der Waals surface area (Å²) in [5, 5.41) is 8.87. The highest BCUT2D eigenvalue weighted by atomic mass is 32.1. The molecule has 6 heteroatoms. The predicted octanol–water partition coefficient (Wildman–Crippen LogP) is 1.61. The van der Waals surface area contributed by atoms with Crippen LogP contribution in [0.3, 0.4) is 0 Å². The van der Waals surface area contributed by atoms with E-state index in [-0.39, 0.29) is 11.9 Å². The van der Waals surface area contributed by atoms with Gasteiger partial charge in [-0.25, -0.2) is 0 Å². The van der Waals surface area contributed by atoms with Crippen molar-refractivity contribution in [3.63, 3.8) is 0 Å². The Hall–Kier alpha value is -1.66. The first-order chi connectivity index (χ1) is 9.34. The van der Waals surface area contributed by atoms with Crippen molar-refractivity contribution >= 4 is 17.2 Å². The maximum absolute atomic E-state index is 12.4. The van der Waals surface area contributed by atoms with Crippen LogP contribution in [0.5, 0.6) is 0 Å². The van der Waals surface area contributed by atoms with Gasteiger partial charge in [-0.3, -0.25) is 9.89 Å². The molecule has 1 aliphatic rings. The third-order valence-electron chi connectivity index (χ3n) is 3.24. The number of nitrogens with one attached hydrogen (secondary N) is 1. The molecule has 0 saturated carbocycles. The molecule has 0 bridgehead atoms. The molecule has 1 unspecified atom stereocenters. The van der Waals surface area contributed by atoms with Crippen molar-refractivity contribution in [2.24, 2.45) is 0 Å². The molecule has 3 rings (SSSR count). The largest absolute Gasteiger partial charge is 0.377 e. The van der Waals surface area contributed by atoms with Crippen LogP contribution >= 0.6 is 11.3 Å². The van der Waals surface area contributed by atoms with Gasteiger partial charge in [0, 0.05) is 17.6 Å². The van der Waals surface area contributed by atoms with E-state index in [1.165, 1.54) is 0 Å². The number of amides is 1. The average molecular weight is 277 g/mol. The molecule has 3 heterocycles. The molecule has 19 heavy (non-hydrogen) atoms. The standard InChI is InChI=1S/C13H15N3O2S/c17-13(8-10-2-1-7-19-10)16-5-6-18-9-12(16)11-3-4-14-15-11/h1-4,7,12H,5-6,8-9H2,(H,14,15). The number of aromatic amines is 1. The van der Waals surface area contributed by atoms with Crippen molar-refractivity contribution in [2.45, 2.75) is 12.5 Å². The normalized spacial score (nSPS) is 19.6.